The molecule has 17 heavy (non-hydrogen) atoms. The van der Waals surface area contributed by atoms with Crippen LogP contribution in [0.4, 0.5) is 5.82 Å². The van der Waals surface area contributed by atoms with Crippen molar-refractivity contribution in [3.05, 3.63) is 10.2 Å². The molecule has 1 aromatic rings. The first-order valence-corrected chi connectivity index (χ1v) is 6.40. The van der Waals surface area contributed by atoms with Gasteiger partial charge in [0.25, 0.3) is 0 Å². The van der Waals surface area contributed by atoms with Crippen LogP contribution in [0.15, 0.2) is 4.47 Å². The molecule has 0 saturated heterocycles. The summed E-state index contributed by atoms with van der Waals surface area (Å²) in [6.07, 6.45) is 0. The predicted octanol–water partition coefficient (Wildman–Crippen LogP) is 2.34. The first-order chi connectivity index (χ1) is 7.95. The van der Waals surface area contributed by atoms with Crippen molar-refractivity contribution in [2.24, 2.45) is 0 Å². The van der Waals surface area contributed by atoms with Crippen LogP contribution in [0.1, 0.15) is 26.5 Å². The van der Waals surface area contributed by atoms with Crippen molar-refractivity contribution in [1.82, 2.24) is 9.78 Å². The molecule has 0 aromatic carbocycles. The zero-order valence-electron chi connectivity index (χ0n) is 10.6. The lowest BCUT2D eigenvalue weighted by atomic mass is 10.4. The minimum absolute atomic E-state index is 0.120. The van der Waals surface area contributed by atoms with Crippen molar-refractivity contribution in [3.63, 3.8) is 0 Å². The van der Waals surface area contributed by atoms with Gasteiger partial charge in [0.1, 0.15) is 12.4 Å². The van der Waals surface area contributed by atoms with Gasteiger partial charge in [-0.2, -0.15) is 5.10 Å². The minimum atomic E-state index is -0.283. The quantitative estimate of drug-likeness (QED) is 0.848. The highest BCUT2D eigenvalue weighted by Gasteiger charge is 2.16. The fourth-order valence-electron chi connectivity index (χ4n) is 1.41. The standard InChI is InChI=1S/C11H18BrN3O2/c1-5-17-9(16)6-15-11(13-7(2)3)10(12)8(4)14-15/h7,13H,5-6H2,1-4H3. The number of hydrogen-bond donors (Lipinski definition) is 1. The second-order valence-electron chi connectivity index (χ2n) is 4.01. The maximum atomic E-state index is 11.4. The lowest BCUT2D eigenvalue weighted by Crippen LogP contribution is -2.19. The fourth-order valence-corrected chi connectivity index (χ4v) is 1.81. The maximum Gasteiger partial charge on any atom is 0.327 e. The van der Waals surface area contributed by atoms with E-state index in [1.165, 1.54) is 0 Å². The molecule has 0 amide bonds. The molecule has 5 nitrogen and oxygen atoms in total. The highest BCUT2D eigenvalue weighted by Crippen LogP contribution is 2.26. The number of carbonyl (C=O) groups excluding carboxylic acids is 1. The summed E-state index contributed by atoms with van der Waals surface area (Å²) >= 11 is 3.46. The molecule has 0 unspecified atom stereocenters. The summed E-state index contributed by atoms with van der Waals surface area (Å²) in [6.45, 7) is 8.24. The van der Waals surface area contributed by atoms with Crippen LogP contribution in [0.5, 0.6) is 0 Å². The second kappa shape index (κ2) is 6.05. The van der Waals surface area contributed by atoms with Crippen LogP contribution in [0.3, 0.4) is 0 Å². The van der Waals surface area contributed by atoms with Gasteiger partial charge >= 0.3 is 5.97 Å². The number of anilines is 1. The maximum absolute atomic E-state index is 11.4. The number of aryl methyl sites for hydroxylation is 1. The average molecular weight is 304 g/mol. The lowest BCUT2D eigenvalue weighted by molar-refractivity contribution is -0.144. The van der Waals surface area contributed by atoms with Crippen LogP contribution < -0.4 is 5.32 Å². The Hall–Kier alpha value is -1.04. The number of nitrogens with one attached hydrogen (secondary N) is 1. The van der Waals surface area contributed by atoms with Gasteiger partial charge in [0, 0.05) is 6.04 Å². The van der Waals surface area contributed by atoms with E-state index >= 15 is 0 Å². The Balaban J connectivity index is 2.90. The number of aromatic nitrogens is 2. The van der Waals surface area contributed by atoms with Crippen LogP contribution in [-0.4, -0.2) is 28.4 Å². The number of rotatable bonds is 5. The van der Waals surface area contributed by atoms with Crippen LogP contribution in [-0.2, 0) is 16.1 Å². The molecule has 1 rings (SSSR count). The number of nitrogens with zero attached hydrogens (tertiary/aromatic N) is 2. The van der Waals surface area contributed by atoms with E-state index in [2.05, 4.69) is 26.3 Å². The van der Waals surface area contributed by atoms with Gasteiger partial charge < -0.3 is 10.1 Å². The summed E-state index contributed by atoms with van der Waals surface area (Å²) in [5, 5.41) is 7.55. The van der Waals surface area contributed by atoms with E-state index in [0.717, 1.165) is 16.0 Å². The predicted molar refractivity (Wildman–Crippen MR) is 70.1 cm³/mol. The van der Waals surface area contributed by atoms with Crippen molar-refractivity contribution >= 4 is 27.7 Å². The van der Waals surface area contributed by atoms with Crippen LogP contribution in [0.25, 0.3) is 0 Å². The van der Waals surface area contributed by atoms with Crippen LogP contribution >= 0.6 is 15.9 Å². The molecular weight excluding hydrogens is 286 g/mol. The van der Waals surface area contributed by atoms with Gasteiger partial charge in [-0.1, -0.05) is 0 Å². The number of carbonyl (C=O) groups is 1. The molecule has 0 radical (unpaired) electrons. The molecule has 0 atom stereocenters. The van der Waals surface area contributed by atoms with Gasteiger partial charge in [-0.3, -0.25) is 4.79 Å². The summed E-state index contributed by atoms with van der Waals surface area (Å²) in [6, 6.07) is 0.267. The zero-order valence-corrected chi connectivity index (χ0v) is 12.2. The van der Waals surface area contributed by atoms with E-state index in [1.807, 2.05) is 20.8 Å². The molecule has 0 saturated carbocycles. The Bertz CT molecular complexity index is 402. The smallest absolute Gasteiger partial charge is 0.327 e. The third-order valence-electron chi connectivity index (χ3n) is 2.06. The zero-order chi connectivity index (χ0) is 13.0. The number of halogens is 1. The van der Waals surface area contributed by atoms with Gasteiger partial charge in [-0.25, -0.2) is 4.68 Å². The molecule has 0 fully saturated rings. The van der Waals surface area contributed by atoms with Crippen molar-refractivity contribution < 1.29 is 9.53 Å². The van der Waals surface area contributed by atoms with E-state index in [9.17, 15) is 4.79 Å². The van der Waals surface area contributed by atoms with Crippen LogP contribution in [0.2, 0.25) is 0 Å². The van der Waals surface area contributed by atoms with Gasteiger partial charge in [0.15, 0.2) is 0 Å². The summed E-state index contributed by atoms with van der Waals surface area (Å²) in [4.78, 5) is 11.4. The molecule has 0 spiro atoms. The third kappa shape index (κ3) is 3.73. The lowest BCUT2D eigenvalue weighted by Gasteiger charge is -2.12. The third-order valence-corrected chi connectivity index (χ3v) is 3.01. The van der Waals surface area contributed by atoms with E-state index in [1.54, 1.807) is 11.6 Å². The molecule has 0 aliphatic rings. The summed E-state index contributed by atoms with van der Waals surface area (Å²) in [7, 11) is 0. The van der Waals surface area contributed by atoms with Gasteiger partial charge in [-0.15, -0.1) is 0 Å². The Kier molecular flexibility index (Phi) is 4.99. The van der Waals surface area contributed by atoms with Crippen molar-refractivity contribution in [3.8, 4) is 0 Å². The van der Waals surface area contributed by atoms with E-state index < -0.39 is 0 Å². The number of ether oxygens (including phenoxy) is 1. The average Bonchev–Trinajstić information content (AvgIpc) is 2.46. The Morgan fingerprint density at radius 1 is 1.59 bits per heavy atom. The Morgan fingerprint density at radius 2 is 2.24 bits per heavy atom. The van der Waals surface area contributed by atoms with Gasteiger partial charge in [-0.05, 0) is 43.6 Å². The van der Waals surface area contributed by atoms with Gasteiger partial charge in [0.05, 0.1) is 16.8 Å². The van der Waals surface area contributed by atoms with Crippen molar-refractivity contribution in [1.29, 1.82) is 0 Å². The first-order valence-electron chi connectivity index (χ1n) is 5.60. The molecule has 0 aliphatic heterocycles. The van der Waals surface area contributed by atoms with Crippen molar-refractivity contribution in [2.75, 3.05) is 11.9 Å². The Labute approximate surface area is 110 Å². The summed E-state index contributed by atoms with van der Waals surface area (Å²) in [5.41, 5.74) is 0.845. The molecule has 1 heterocycles. The van der Waals surface area contributed by atoms with Crippen molar-refractivity contribution in [2.45, 2.75) is 40.3 Å². The molecule has 1 aromatic heterocycles. The summed E-state index contributed by atoms with van der Waals surface area (Å²) in [5.74, 6) is 0.528. The molecule has 0 bridgehead atoms. The van der Waals surface area contributed by atoms with Crippen LogP contribution in [0, 0.1) is 6.92 Å². The first kappa shape index (κ1) is 14.0. The fraction of sp³-hybridized carbons (Fsp3) is 0.636. The molecule has 1 N–H and O–H groups in total. The normalized spacial score (nSPS) is 10.7. The number of hydrogen-bond acceptors (Lipinski definition) is 4. The largest absolute Gasteiger partial charge is 0.465 e. The SMILES string of the molecule is CCOC(=O)Cn1nc(C)c(Br)c1NC(C)C. The topological polar surface area (TPSA) is 56.2 Å². The number of esters is 1. The Morgan fingerprint density at radius 3 is 2.76 bits per heavy atom. The minimum Gasteiger partial charge on any atom is -0.465 e. The highest BCUT2D eigenvalue weighted by molar-refractivity contribution is 9.10. The monoisotopic (exact) mass is 303 g/mol. The second-order valence-corrected chi connectivity index (χ2v) is 4.80. The van der Waals surface area contributed by atoms with E-state index in [0.29, 0.717) is 6.61 Å². The highest BCUT2D eigenvalue weighted by atomic mass is 79.9. The summed E-state index contributed by atoms with van der Waals surface area (Å²) < 4.78 is 7.42. The van der Waals surface area contributed by atoms with E-state index in [4.69, 9.17) is 4.74 Å². The van der Waals surface area contributed by atoms with Gasteiger partial charge in [0.2, 0.25) is 0 Å². The molecular formula is C11H18BrN3O2. The molecule has 0 aliphatic carbocycles. The molecule has 96 valence electrons. The molecule has 6 heteroatoms. The van der Waals surface area contributed by atoms with E-state index in [-0.39, 0.29) is 18.6 Å².